The van der Waals surface area contributed by atoms with Gasteiger partial charge in [-0.2, -0.15) is 5.10 Å². The van der Waals surface area contributed by atoms with Crippen LogP contribution < -0.4 is 10.6 Å². The molecule has 0 bridgehead atoms. The molecule has 5 nitrogen and oxygen atoms in total. The number of amides is 1. The van der Waals surface area contributed by atoms with Crippen molar-refractivity contribution in [3.05, 3.63) is 18.0 Å². The molecular weight excluding hydrogens is 228 g/mol. The second-order valence-corrected chi connectivity index (χ2v) is 4.90. The second-order valence-electron chi connectivity index (χ2n) is 4.90. The van der Waals surface area contributed by atoms with Crippen molar-refractivity contribution in [1.82, 2.24) is 20.4 Å². The fourth-order valence-corrected chi connectivity index (χ4v) is 2.25. The van der Waals surface area contributed by atoms with Gasteiger partial charge < -0.3 is 10.6 Å². The van der Waals surface area contributed by atoms with E-state index in [1.54, 1.807) is 6.20 Å². The van der Waals surface area contributed by atoms with Crippen LogP contribution in [0.3, 0.4) is 0 Å². The summed E-state index contributed by atoms with van der Waals surface area (Å²) in [5.74, 6) is 0.658. The van der Waals surface area contributed by atoms with Gasteiger partial charge in [0.25, 0.3) is 5.91 Å². The van der Waals surface area contributed by atoms with Crippen LogP contribution in [0.15, 0.2) is 12.4 Å². The van der Waals surface area contributed by atoms with E-state index in [1.165, 1.54) is 12.8 Å². The first-order valence-corrected chi connectivity index (χ1v) is 6.81. The fraction of sp³-hybridized carbons (Fsp3) is 0.692. The zero-order chi connectivity index (χ0) is 12.8. The van der Waals surface area contributed by atoms with Gasteiger partial charge in [0.05, 0.1) is 11.8 Å². The van der Waals surface area contributed by atoms with Crippen LogP contribution in [0.2, 0.25) is 0 Å². The molecule has 2 rings (SSSR count). The van der Waals surface area contributed by atoms with E-state index >= 15 is 0 Å². The summed E-state index contributed by atoms with van der Waals surface area (Å²) in [4.78, 5) is 11.7. The van der Waals surface area contributed by atoms with E-state index in [-0.39, 0.29) is 5.91 Å². The Labute approximate surface area is 108 Å². The highest BCUT2D eigenvalue weighted by Crippen LogP contribution is 2.14. The van der Waals surface area contributed by atoms with Crippen molar-refractivity contribution < 1.29 is 4.79 Å². The lowest BCUT2D eigenvalue weighted by molar-refractivity contribution is 0.0953. The van der Waals surface area contributed by atoms with Gasteiger partial charge in [-0.3, -0.25) is 9.48 Å². The fourth-order valence-electron chi connectivity index (χ4n) is 2.25. The van der Waals surface area contributed by atoms with Crippen LogP contribution in [0.4, 0.5) is 0 Å². The maximum absolute atomic E-state index is 11.7. The van der Waals surface area contributed by atoms with Crippen LogP contribution >= 0.6 is 0 Å². The van der Waals surface area contributed by atoms with E-state index in [4.69, 9.17) is 0 Å². The topological polar surface area (TPSA) is 59.0 Å². The number of piperidine rings is 1. The summed E-state index contributed by atoms with van der Waals surface area (Å²) in [5, 5.41) is 10.5. The third kappa shape index (κ3) is 3.57. The lowest BCUT2D eigenvalue weighted by atomic mass is 9.98. The molecule has 0 saturated carbocycles. The van der Waals surface area contributed by atoms with Crippen molar-refractivity contribution >= 4 is 5.91 Å². The Balaban J connectivity index is 1.86. The molecule has 0 aromatic carbocycles. The van der Waals surface area contributed by atoms with Crippen molar-refractivity contribution in [1.29, 1.82) is 0 Å². The summed E-state index contributed by atoms with van der Waals surface area (Å²) in [6.45, 7) is 5.87. The molecule has 5 heteroatoms. The summed E-state index contributed by atoms with van der Waals surface area (Å²) in [5.41, 5.74) is 0.664. The van der Waals surface area contributed by atoms with E-state index in [0.29, 0.717) is 11.5 Å². The van der Waals surface area contributed by atoms with Crippen molar-refractivity contribution in [2.75, 3.05) is 19.6 Å². The zero-order valence-corrected chi connectivity index (χ0v) is 11.0. The van der Waals surface area contributed by atoms with Gasteiger partial charge in [0, 0.05) is 19.3 Å². The Bertz CT molecular complexity index is 382. The molecule has 100 valence electrons. The van der Waals surface area contributed by atoms with Crippen LogP contribution in [0.5, 0.6) is 0 Å². The van der Waals surface area contributed by atoms with Crippen molar-refractivity contribution in [3.8, 4) is 0 Å². The summed E-state index contributed by atoms with van der Waals surface area (Å²) >= 11 is 0. The number of nitrogens with zero attached hydrogens (tertiary/aromatic N) is 2. The van der Waals surface area contributed by atoms with Crippen molar-refractivity contribution in [2.45, 2.75) is 32.7 Å². The van der Waals surface area contributed by atoms with Crippen LogP contribution in [-0.2, 0) is 6.54 Å². The molecule has 1 aliphatic heterocycles. The highest BCUT2D eigenvalue weighted by atomic mass is 16.1. The standard InChI is InChI=1S/C13H22N4O/c1-2-5-15-13(18)12-8-16-17(10-12)9-11-3-6-14-7-4-11/h8,10-11,14H,2-7,9H2,1H3,(H,15,18). The maximum Gasteiger partial charge on any atom is 0.254 e. The highest BCUT2D eigenvalue weighted by Gasteiger charge is 2.15. The average Bonchev–Trinajstić information content (AvgIpc) is 2.86. The second kappa shape index (κ2) is 6.54. The van der Waals surface area contributed by atoms with Crippen LogP contribution in [0, 0.1) is 5.92 Å². The summed E-state index contributed by atoms with van der Waals surface area (Å²) in [7, 11) is 0. The molecule has 1 fully saturated rings. The molecule has 0 spiro atoms. The van der Waals surface area contributed by atoms with Crippen molar-refractivity contribution in [2.24, 2.45) is 5.92 Å². The molecule has 1 aromatic heterocycles. The summed E-state index contributed by atoms with van der Waals surface area (Å²) in [6.07, 6.45) is 6.85. The predicted octanol–water partition coefficient (Wildman–Crippen LogP) is 1.02. The minimum atomic E-state index is -0.0200. The Morgan fingerprint density at radius 3 is 3.06 bits per heavy atom. The number of aromatic nitrogens is 2. The predicted molar refractivity (Wildman–Crippen MR) is 70.4 cm³/mol. The molecule has 1 amide bonds. The monoisotopic (exact) mass is 250 g/mol. The molecule has 2 heterocycles. The molecule has 1 saturated heterocycles. The van der Waals surface area contributed by atoms with Gasteiger partial charge in [-0.1, -0.05) is 6.92 Å². The first-order valence-electron chi connectivity index (χ1n) is 6.81. The Morgan fingerprint density at radius 2 is 2.33 bits per heavy atom. The van der Waals surface area contributed by atoms with Gasteiger partial charge >= 0.3 is 0 Å². The van der Waals surface area contributed by atoms with E-state index in [0.717, 1.165) is 32.6 Å². The Hall–Kier alpha value is -1.36. The number of nitrogens with one attached hydrogen (secondary N) is 2. The number of rotatable bonds is 5. The lowest BCUT2D eigenvalue weighted by Crippen LogP contribution is -2.30. The number of carbonyl (C=O) groups is 1. The molecule has 1 aromatic rings. The smallest absolute Gasteiger partial charge is 0.254 e. The number of hydrogen-bond acceptors (Lipinski definition) is 3. The minimum Gasteiger partial charge on any atom is -0.352 e. The summed E-state index contributed by atoms with van der Waals surface area (Å²) < 4.78 is 1.90. The molecule has 1 aliphatic rings. The molecule has 0 radical (unpaired) electrons. The Morgan fingerprint density at radius 1 is 1.56 bits per heavy atom. The van der Waals surface area contributed by atoms with Gasteiger partial charge in [-0.15, -0.1) is 0 Å². The molecule has 2 N–H and O–H groups in total. The van der Waals surface area contributed by atoms with Crippen LogP contribution in [0.25, 0.3) is 0 Å². The average molecular weight is 250 g/mol. The quantitative estimate of drug-likeness (QED) is 0.820. The van der Waals surface area contributed by atoms with Gasteiger partial charge in [0.2, 0.25) is 0 Å². The third-order valence-electron chi connectivity index (χ3n) is 3.33. The third-order valence-corrected chi connectivity index (χ3v) is 3.33. The van der Waals surface area contributed by atoms with Crippen LogP contribution in [-0.4, -0.2) is 35.3 Å². The normalized spacial score (nSPS) is 16.7. The lowest BCUT2D eigenvalue weighted by Gasteiger charge is -2.22. The summed E-state index contributed by atoms with van der Waals surface area (Å²) in [6, 6.07) is 0. The number of hydrogen-bond donors (Lipinski definition) is 2. The first kappa shape index (κ1) is 13.1. The van der Waals surface area contributed by atoms with E-state index in [2.05, 4.69) is 15.7 Å². The largest absolute Gasteiger partial charge is 0.352 e. The number of carbonyl (C=O) groups excluding carboxylic acids is 1. The molecule has 0 aliphatic carbocycles. The van der Waals surface area contributed by atoms with Crippen LogP contribution in [0.1, 0.15) is 36.5 Å². The van der Waals surface area contributed by atoms with E-state index in [1.807, 2.05) is 17.8 Å². The van der Waals surface area contributed by atoms with Gasteiger partial charge in [-0.05, 0) is 38.3 Å². The van der Waals surface area contributed by atoms with Gasteiger partial charge in [-0.25, -0.2) is 0 Å². The highest BCUT2D eigenvalue weighted by molar-refractivity contribution is 5.93. The molecule has 18 heavy (non-hydrogen) atoms. The molecule has 0 atom stereocenters. The molecular formula is C13H22N4O. The van der Waals surface area contributed by atoms with Gasteiger partial charge in [0.1, 0.15) is 0 Å². The SMILES string of the molecule is CCCNC(=O)c1cnn(CC2CCNCC2)c1. The minimum absolute atomic E-state index is 0.0200. The first-order chi connectivity index (χ1) is 8.79. The molecule has 0 unspecified atom stereocenters. The van der Waals surface area contributed by atoms with E-state index < -0.39 is 0 Å². The van der Waals surface area contributed by atoms with Gasteiger partial charge in [0.15, 0.2) is 0 Å². The van der Waals surface area contributed by atoms with Crippen molar-refractivity contribution in [3.63, 3.8) is 0 Å². The zero-order valence-electron chi connectivity index (χ0n) is 11.0. The Kier molecular flexibility index (Phi) is 4.75. The maximum atomic E-state index is 11.7. The van der Waals surface area contributed by atoms with E-state index in [9.17, 15) is 4.79 Å².